The van der Waals surface area contributed by atoms with Crippen molar-refractivity contribution in [3.63, 3.8) is 0 Å². The van der Waals surface area contributed by atoms with E-state index in [1.165, 1.54) is 7.11 Å². The summed E-state index contributed by atoms with van der Waals surface area (Å²) in [6.07, 6.45) is -0.530. The fourth-order valence-electron chi connectivity index (χ4n) is 1.06. The molecule has 0 aliphatic carbocycles. The molecular weight excluding hydrogens is 218 g/mol. The van der Waals surface area contributed by atoms with Crippen LogP contribution in [0.4, 0.5) is 10.5 Å². The van der Waals surface area contributed by atoms with Gasteiger partial charge in [-0.1, -0.05) is 11.6 Å². The monoisotopic (exact) mass is 229 g/mol. The minimum Gasteiger partial charge on any atom is -0.495 e. The lowest BCUT2D eigenvalue weighted by Gasteiger charge is -2.09. The average molecular weight is 230 g/mol. The summed E-state index contributed by atoms with van der Waals surface area (Å²) in [6.45, 7) is 2.05. The minimum atomic E-state index is -0.530. The molecule has 1 amide bonds. The summed E-state index contributed by atoms with van der Waals surface area (Å²) >= 11 is 5.79. The van der Waals surface area contributed by atoms with Crippen LogP contribution in [0.2, 0.25) is 5.02 Å². The van der Waals surface area contributed by atoms with E-state index in [-0.39, 0.29) is 0 Å². The van der Waals surface area contributed by atoms with Crippen molar-refractivity contribution in [1.82, 2.24) is 0 Å². The lowest BCUT2D eigenvalue weighted by Crippen LogP contribution is -2.13. The van der Waals surface area contributed by atoms with Gasteiger partial charge in [-0.25, -0.2) is 4.79 Å². The number of halogens is 1. The van der Waals surface area contributed by atoms with Crippen molar-refractivity contribution in [3.8, 4) is 5.75 Å². The Morgan fingerprint density at radius 2 is 2.27 bits per heavy atom. The third-order valence-corrected chi connectivity index (χ3v) is 1.91. The average Bonchev–Trinajstić information content (AvgIpc) is 2.18. The van der Waals surface area contributed by atoms with Gasteiger partial charge in [0.05, 0.1) is 19.4 Å². The maximum atomic E-state index is 11.2. The van der Waals surface area contributed by atoms with Crippen LogP contribution in [0.15, 0.2) is 18.2 Å². The van der Waals surface area contributed by atoms with Crippen molar-refractivity contribution in [2.45, 2.75) is 6.92 Å². The Kier molecular flexibility index (Phi) is 4.24. The summed E-state index contributed by atoms with van der Waals surface area (Å²) in [5.41, 5.74) is 0.489. The maximum Gasteiger partial charge on any atom is 0.411 e. The molecule has 0 atom stereocenters. The molecule has 5 heteroatoms. The molecule has 0 unspecified atom stereocenters. The summed E-state index contributed by atoms with van der Waals surface area (Å²) in [7, 11) is 1.51. The van der Waals surface area contributed by atoms with Gasteiger partial charge in [0.2, 0.25) is 0 Å². The normalized spacial score (nSPS) is 9.53. The molecule has 0 radical (unpaired) electrons. The molecule has 1 aromatic rings. The molecule has 0 spiro atoms. The van der Waals surface area contributed by atoms with Gasteiger partial charge in [-0.2, -0.15) is 0 Å². The highest BCUT2D eigenvalue weighted by Crippen LogP contribution is 2.27. The summed E-state index contributed by atoms with van der Waals surface area (Å²) in [5, 5.41) is 3.05. The van der Waals surface area contributed by atoms with Gasteiger partial charge in [0.15, 0.2) is 0 Å². The van der Waals surface area contributed by atoms with Gasteiger partial charge < -0.3 is 9.47 Å². The van der Waals surface area contributed by atoms with Gasteiger partial charge in [-0.3, -0.25) is 5.32 Å². The SMILES string of the molecule is CCOC(=O)Nc1cc(Cl)ccc1OC. The van der Waals surface area contributed by atoms with Gasteiger partial charge in [-0.15, -0.1) is 0 Å². The van der Waals surface area contributed by atoms with Crippen LogP contribution in [-0.2, 0) is 4.74 Å². The maximum absolute atomic E-state index is 11.2. The number of hydrogen-bond acceptors (Lipinski definition) is 3. The number of benzene rings is 1. The second-order valence-corrected chi connectivity index (χ2v) is 3.13. The number of carbonyl (C=O) groups is 1. The molecule has 0 aliphatic rings. The van der Waals surface area contributed by atoms with Gasteiger partial charge in [0.25, 0.3) is 0 Å². The molecule has 0 aromatic heterocycles. The summed E-state index contributed by atoms with van der Waals surface area (Å²) in [4.78, 5) is 11.2. The molecule has 1 rings (SSSR count). The van der Waals surface area contributed by atoms with E-state index in [1.807, 2.05) is 0 Å². The summed E-state index contributed by atoms with van der Waals surface area (Å²) in [6, 6.07) is 4.94. The second-order valence-electron chi connectivity index (χ2n) is 2.69. The van der Waals surface area contributed by atoms with Crippen molar-refractivity contribution >= 4 is 23.4 Å². The molecule has 0 saturated carbocycles. The Morgan fingerprint density at radius 1 is 1.53 bits per heavy atom. The first kappa shape index (κ1) is 11.7. The van der Waals surface area contributed by atoms with Crippen molar-refractivity contribution in [3.05, 3.63) is 23.2 Å². The smallest absolute Gasteiger partial charge is 0.411 e. The van der Waals surface area contributed by atoms with E-state index in [9.17, 15) is 4.79 Å². The van der Waals surface area contributed by atoms with E-state index in [4.69, 9.17) is 21.1 Å². The van der Waals surface area contributed by atoms with Crippen LogP contribution in [0, 0.1) is 0 Å². The van der Waals surface area contributed by atoms with E-state index in [0.717, 1.165) is 0 Å². The first-order valence-electron chi connectivity index (χ1n) is 4.44. The highest BCUT2D eigenvalue weighted by molar-refractivity contribution is 6.31. The van der Waals surface area contributed by atoms with E-state index in [2.05, 4.69) is 5.32 Å². The topological polar surface area (TPSA) is 47.6 Å². The van der Waals surface area contributed by atoms with Crippen LogP contribution in [0.5, 0.6) is 5.75 Å². The standard InChI is InChI=1S/C10H12ClNO3/c1-3-15-10(13)12-8-6-7(11)4-5-9(8)14-2/h4-6H,3H2,1-2H3,(H,12,13). The van der Waals surface area contributed by atoms with E-state index < -0.39 is 6.09 Å². The lowest BCUT2D eigenvalue weighted by atomic mass is 10.3. The van der Waals surface area contributed by atoms with Gasteiger partial charge in [-0.05, 0) is 25.1 Å². The number of ether oxygens (including phenoxy) is 2. The summed E-state index contributed by atoms with van der Waals surface area (Å²) < 4.78 is 9.79. The van der Waals surface area contributed by atoms with Gasteiger partial charge in [0.1, 0.15) is 5.75 Å². The zero-order chi connectivity index (χ0) is 11.3. The second kappa shape index (κ2) is 5.46. The fraction of sp³-hybridized carbons (Fsp3) is 0.300. The molecule has 0 aliphatic heterocycles. The molecule has 1 aromatic carbocycles. The van der Waals surface area contributed by atoms with Gasteiger partial charge >= 0.3 is 6.09 Å². The minimum absolute atomic E-state index is 0.314. The molecule has 4 nitrogen and oxygen atoms in total. The number of methoxy groups -OCH3 is 1. The van der Waals surface area contributed by atoms with Crippen molar-refractivity contribution < 1.29 is 14.3 Å². The largest absolute Gasteiger partial charge is 0.495 e. The molecule has 82 valence electrons. The van der Waals surface area contributed by atoms with E-state index in [1.54, 1.807) is 25.1 Å². The highest BCUT2D eigenvalue weighted by atomic mass is 35.5. The number of carbonyl (C=O) groups excluding carboxylic acids is 1. The molecule has 0 fully saturated rings. The molecule has 15 heavy (non-hydrogen) atoms. The fourth-order valence-corrected chi connectivity index (χ4v) is 1.23. The zero-order valence-electron chi connectivity index (χ0n) is 8.54. The Hall–Kier alpha value is -1.42. The van der Waals surface area contributed by atoms with E-state index in [0.29, 0.717) is 23.1 Å². The van der Waals surface area contributed by atoms with Gasteiger partial charge in [0, 0.05) is 5.02 Å². The van der Waals surface area contributed by atoms with Crippen LogP contribution in [0.25, 0.3) is 0 Å². The first-order chi connectivity index (χ1) is 7.17. The van der Waals surface area contributed by atoms with Crippen molar-refractivity contribution in [1.29, 1.82) is 0 Å². The van der Waals surface area contributed by atoms with Crippen LogP contribution in [-0.4, -0.2) is 19.8 Å². The Bertz CT molecular complexity index is 355. The van der Waals surface area contributed by atoms with Crippen LogP contribution in [0.3, 0.4) is 0 Å². The Balaban J connectivity index is 2.82. The molecule has 0 bridgehead atoms. The number of rotatable bonds is 3. The third-order valence-electron chi connectivity index (χ3n) is 1.67. The molecular formula is C10H12ClNO3. The predicted molar refractivity (Wildman–Crippen MR) is 58.6 cm³/mol. The van der Waals surface area contributed by atoms with Crippen LogP contribution in [0.1, 0.15) is 6.92 Å². The number of nitrogens with one attached hydrogen (secondary N) is 1. The summed E-state index contributed by atoms with van der Waals surface area (Å²) in [5.74, 6) is 0.535. The lowest BCUT2D eigenvalue weighted by molar-refractivity contribution is 0.168. The molecule has 0 saturated heterocycles. The number of amides is 1. The zero-order valence-corrected chi connectivity index (χ0v) is 9.30. The Morgan fingerprint density at radius 3 is 2.87 bits per heavy atom. The molecule has 0 heterocycles. The highest BCUT2D eigenvalue weighted by Gasteiger charge is 2.07. The van der Waals surface area contributed by atoms with Crippen LogP contribution < -0.4 is 10.1 Å². The third kappa shape index (κ3) is 3.32. The number of hydrogen-bond donors (Lipinski definition) is 1. The first-order valence-corrected chi connectivity index (χ1v) is 4.82. The predicted octanol–water partition coefficient (Wildman–Crippen LogP) is 2.92. The van der Waals surface area contributed by atoms with E-state index >= 15 is 0 Å². The van der Waals surface area contributed by atoms with Crippen molar-refractivity contribution in [2.24, 2.45) is 0 Å². The Labute approximate surface area is 93.1 Å². The van der Waals surface area contributed by atoms with Crippen LogP contribution >= 0.6 is 11.6 Å². The number of anilines is 1. The molecule has 1 N–H and O–H groups in total. The van der Waals surface area contributed by atoms with Crippen molar-refractivity contribution in [2.75, 3.05) is 19.0 Å². The quantitative estimate of drug-likeness (QED) is 0.867.